The van der Waals surface area contributed by atoms with E-state index in [9.17, 15) is 22.4 Å². The average Bonchev–Trinajstić information content (AvgIpc) is 3.07. The molecule has 3 aromatic rings. The summed E-state index contributed by atoms with van der Waals surface area (Å²) in [5.74, 6) is -1.81. The number of carbonyl (C=O) groups is 2. The second-order valence-electron chi connectivity index (χ2n) is 7.66. The van der Waals surface area contributed by atoms with E-state index in [2.05, 4.69) is 0 Å². The Morgan fingerprint density at radius 1 is 1.03 bits per heavy atom. The molecule has 33 heavy (non-hydrogen) atoms. The number of aryl methyl sites for hydroxylation is 1. The molecule has 0 aliphatic rings. The fourth-order valence-electron chi connectivity index (χ4n) is 3.42. The number of carbonyl (C=O) groups excluding carboxylic acids is 2. The van der Waals surface area contributed by atoms with Crippen molar-refractivity contribution in [3.8, 4) is 0 Å². The van der Waals surface area contributed by atoms with Crippen LogP contribution in [0, 0.1) is 19.7 Å². The normalized spacial score (nSPS) is 11.5. The molecule has 0 aliphatic heterocycles. The van der Waals surface area contributed by atoms with Gasteiger partial charge in [-0.1, -0.05) is 30.3 Å². The van der Waals surface area contributed by atoms with Crippen molar-refractivity contribution in [1.29, 1.82) is 0 Å². The predicted molar refractivity (Wildman–Crippen MR) is 121 cm³/mol. The second kappa shape index (κ2) is 10.1. The Bertz CT molecular complexity index is 1250. The Labute approximate surface area is 192 Å². The van der Waals surface area contributed by atoms with Gasteiger partial charge in [0, 0.05) is 30.5 Å². The summed E-state index contributed by atoms with van der Waals surface area (Å²) < 4.78 is 45.9. The van der Waals surface area contributed by atoms with Crippen LogP contribution in [0.2, 0.25) is 0 Å². The molecule has 0 atom stereocenters. The van der Waals surface area contributed by atoms with Crippen LogP contribution >= 0.6 is 0 Å². The highest BCUT2D eigenvalue weighted by atomic mass is 32.2. The molecular weight excluding hydrogens is 447 g/mol. The predicted octanol–water partition coefficient (Wildman–Crippen LogP) is 3.34. The maximum atomic E-state index is 13.1. The standard InChI is InChI=1S/C24H25FN2O5S/c1-17-13-22(18(2)27(17)14-19-7-5-4-6-8-19)23(28)16-32-24(29)15-26(3)33(30,31)21-11-9-20(25)10-12-21/h4-13H,14-16H2,1-3H3. The van der Waals surface area contributed by atoms with Gasteiger partial charge < -0.3 is 9.30 Å². The molecule has 2 aromatic carbocycles. The number of rotatable bonds is 9. The van der Waals surface area contributed by atoms with E-state index in [-0.39, 0.29) is 10.7 Å². The number of ketones is 1. The Morgan fingerprint density at radius 3 is 2.30 bits per heavy atom. The van der Waals surface area contributed by atoms with Crippen LogP contribution in [0.25, 0.3) is 0 Å². The van der Waals surface area contributed by atoms with Gasteiger partial charge in [-0.05, 0) is 49.7 Å². The molecule has 1 aromatic heterocycles. The van der Waals surface area contributed by atoms with Gasteiger partial charge in [0.15, 0.2) is 6.61 Å². The zero-order chi connectivity index (χ0) is 24.2. The lowest BCUT2D eigenvalue weighted by molar-refractivity contribution is -0.142. The van der Waals surface area contributed by atoms with Crippen molar-refractivity contribution in [1.82, 2.24) is 8.87 Å². The average molecular weight is 473 g/mol. The van der Waals surface area contributed by atoms with Crippen molar-refractivity contribution in [2.75, 3.05) is 20.2 Å². The van der Waals surface area contributed by atoms with Crippen LogP contribution < -0.4 is 0 Å². The van der Waals surface area contributed by atoms with Gasteiger partial charge in [0.1, 0.15) is 12.4 Å². The van der Waals surface area contributed by atoms with Crippen LogP contribution in [-0.2, 0) is 26.1 Å². The van der Waals surface area contributed by atoms with Crippen molar-refractivity contribution in [3.05, 3.63) is 89.0 Å². The smallest absolute Gasteiger partial charge is 0.321 e. The first kappa shape index (κ1) is 24.3. The largest absolute Gasteiger partial charge is 0.456 e. The molecule has 7 nitrogen and oxygen atoms in total. The van der Waals surface area contributed by atoms with E-state index in [1.807, 2.05) is 48.7 Å². The third kappa shape index (κ3) is 5.74. The number of sulfonamides is 1. The lowest BCUT2D eigenvalue weighted by Crippen LogP contribution is -2.33. The number of hydrogen-bond donors (Lipinski definition) is 0. The minimum Gasteiger partial charge on any atom is -0.456 e. The van der Waals surface area contributed by atoms with E-state index in [0.29, 0.717) is 12.1 Å². The van der Waals surface area contributed by atoms with Crippen molar-refractivity contribution >= 4 is 21.8 Å². The topological polar surface area (TPSA) is 85.7 Å². The highest BCUT2D eigenvalue weighted by molar-refractivity contribution is 7.89. The van der Waals surface area contributed by atoms with Gasteiger partial charge in [0.2, 0.25) is 15.8 Å². The number of benzene rings is 2. The van der Waals surface area contributed by atoms with Gasteiger partial charge >= 0.3 is 5.97 Å². The van der Waals surface area contributed by atoms with Crippen LogP contribution in [0.15, 0.2) is 65.6 Å². The first-order valence-electron chi connectivity index (χ1n) is 10.2. The fourth-order valence-corrected chi connectivity index (χ4v) is 4.53. The van der Waals surface area contributed by atoms with Crippen molar-refractivity contribution in [2.24, 2.45) is 0 Å². The van der Waals surface area contributed by atoms with E-state index >= 15 is 0 Å². The van der Waals surface area contributed by atoms with Gasteiger partial charge in [-0.15, -0.1) is 0 Å². The lowest BCUT2D eigenvalue weighted by atomic mass is 10.1. The number of esters is 1. The number of likely N-dealkylation sites (N-methyl/N-ethyl adjacent to an activating group) is 1. The van der Waals surface area contributed by atoms with Crippen LogP contribution in [0.1, 0.15) is 27.3 Å². The SMILES string of the molecule is Cc1cc(C(=O)COC(=O)CN(C)S(=O)(=O)c2ccc(F)cc2)c(C)n1Cc1ccccc1. The van der Waals surface area contributed by atoms with Gasteiger partial charge in [0.05, 0.1) is 4.90 Å². The van der Waals surface area contributed by atoms with Crippen LogP contribution in [0.5, 0.6) is 0 Å². The molecule has 0 saturated carbocycles. The molecule has 0 unspecified atom stereocenters. The number of aromatic nitrogens is 1. The third-order valence-electron chi connectivity index (χ3n) is 5.30. The number of halogens is 1. The molecule has 1 heterocycles. The summed E-state index contributed by atoms with van der Waals surface area (Å²) in [5, 5.41) is 0. The number of Topliss-reactive ketones (excluding diaryl/α,β-unsaturated/α-hetero) is 1. The lowest BCUT2D eigenvalue weighted by Gasteiger charge is -2.16. The summed E-state index contributed by atoms with van der Waals surface area (Å²) in [7, 11) is -2.80. The first-order chi connectivity index (χ1) is 15.6. The number of nitrogens with zero attached hydrogens (tertiary/aromatic N) is 2. The van der Waals surface area contributed by atoms with Gasteiger partial charge in [0.25, 0.3) is 0 Å². The highest BCUT2D eigenvalue weighted by Crippen LogP contribution is 2.18. The molecule has 0 aliphatic carbocycles. The summed E-state index contributed by atoms with van der Waals surface area (Å²) in [4.78, 5) is 24.7. The zero-order valence-electron chi connectivity index (χ0n) is 18.6. The van der Waals surface area contributed by atoms with E-state index in [1.165, 1.54) is 7.05 Å². The van der Waals surface area contributed by atoms with Gasteiger partial charge in [-0.25, -0.2) is 12.8 Å². The molecular formula is C24H25FN2O5S. The third-order valence-corrected chi connectivity index (χ3v) is 7.11. The Kier molecular flexibility index (Phi) is 7.45. The summed E-state index contributed by atoms with van der Waals surface area (Å²) in [6.07, 6.45) is 0. The molecule has 0 saturated heterocycles. The Hall–Kier alpha value is -3.30. The molecule has 174 valence electrons. The Balaban J connectivity index is 1.61. The summed E-state index contributed by atoms with van der Waals surface area (Å²) in [5.41, 5.74) is 3.20. The quantitative estimate of drug-likeness (QED) is 0.352. The van der Waals surface area contributed by atoms with E-state index in [4.69, 9.17) is 4.74 Å². The molecule has 0 radical (unpaired) electrons. The van der Waals surface area contributed by atoms with Crippen LogP contribution in [0.4, 0.5) is 4.39 Å². The summed E-state index contributed by atoms with van der Waals surface area (Å²) in [6.45, 7) is 3.25. The van der Waals surface area contributed by atoms with Crippen molar-refractivity contribution in [3.63, 3.8) is 0 Å². The van der Waals surface area contributed by atoms with E-state index < -0.39 is 35.0 Å². The molecule has 0 bridgehead atoms. The van der Waals surface area contributed by atoms with Gasteiger partial charge in [-0.2, -0.15) is 4.31 Å². The maximum absolute atomic E-state index is 13.1. The number of ether oxygens (including phenoxy) is 1. The maximum Gasteiger partial charge on any atom is 0.321 e. The zero-order valence-corrected chi connectivity index (χ0v) is 19.4. The highest BCUT2D eigenvalue weighted by Gasteiger charge is 2.24. The molecule has 0 N–H and O–H groups in total. The minimum atomic E-state index is -4.00. The van der Waals surface area contributed by atoms with E-state index in [0.717, 1.165) is 45.5 Å². The monoisotopic (exact) mass is 472 g/mol. The van der Waals surface area contributed by atoms with Crippen molar-refractivity contribution in [2.45, 2.75) is 25.3 Å². The Morgan fingerprint density at radius 2 is 1.67 bits per heavy atom. The molecule has 0 fully saturated rings. The molecule has 0 spiro atoms. The van der Waals surface area contributed by atoms with Crippen LogP contribution in [-0.4, -0.2) is 49.2 Å². The van der Waals surface area contributed by atoms with E-state index in [1.54, 1.807) is 6.07 Å². The van der Waals surface area contributed by atoms with Crippen molar-refractivity contribution < 1.29 is 27.1 Å². The second-order valence-corrected chi connectivity index (χ2v) is 9.70. The molecule has 0 amide bonds. The van der Waals surface area contributed by atoms with Crippen LogP contribution in [0.3, 0.4) is 0 Å². The fraction of sp³-hybridized carbons (Fsp3) is 0.250. The summed E-state index contributed by atoms with van der Waals surface area (Å²) in [6, 6.07) is 15.8. The molecule has 3 rings (SSSR count). The molecule has 9 heteroatoms. The summed E-state index contributed by atoms with van der Waals surface area (Å²) >= 11 is 0. The first-order valence-corrected chi connectivity index (χ1v) is 11.6. The van der Waals surface area contributed by atoms with Gasteiger partial charge in [-0.3, -0.25) is 9.59 Å². The number of hydrogen-bond acceptors (Lipinski definition) is 5. The minimum absolute atomic E-state index is 0.152.